The van der Waals surface area contributed by atoms with Crippen LogP contribution in [0.25, 0.3) is 0 Å². The predicted molar refractivity (Wildman–Crippen MR) is 84.5 cm³/mol. The molecule has 7 aliphatic rings. The molecule has 9 atom stereocenters. The summed E-state index contributed by atoms with van der Waals surface area (Å²) < 4.78 is 12.2. The van der Waals surface area contributed by atoms with Crippen molar-refractivity contribution in [2.24, 2.45) is 40.4 Å². The summed E-state index contributed by atoms with van der Waals surface area (Å²) >= 11 is 0. The highest BCUT2D eigenvalue weighted by Crippen LogP contribution is 2.82. The molecule has 126 valence electrons. The Morgan fingerprint density at radius 1 is 1.09 bits per heavy atom. The maximum Gasteiger partial charge on any atom is 0.168 e. The van der Waals surface area contributed by atoms with Gasteiger partial charge >= 0.3 is 0 Å². The number of methoxy groups -OCH3 is 1. The van der Waals surface area contributed by atoms with Crippen molar-refractivity contribution in [2.45, 2.75) is 70.2 Å². The van der Waals surface area contributed by atoms with Crippen molar-refractivity contribution < 1.29 is 14.3 Å². The van der Waals surface area contributed by atoms with Gasteiger partial charge in [-0.3, -0.25) is 4.79 Å². The van der Waals surface area contributed by atoms with E-state index >= 15 is 0 Å². The fourth-order valence-corrected chi connectivity index (χ4v) is 8.60. The lowest BCUT2D eigenvalue weighted by molar-refractivity contribution is -0.281. The van der Waals surface area contributed by atoms with Crippen molar-refractivity contribution in [3.05, 3.63) is 0 Å². The van der Waals surface area contributed by atoms with E-state index in [9.17, 15) is 4.79 Å². The average molecular weight is 316 g/mol. The summed E-state index contributed by atoms with van der Waals surface area (Å²) in [5.74, 6) is 4.20. The molecule has 0 amide bonds. The largest absolute Gasteiger partial charge is 0.353 e. The fourth-order valence-electron chi connectivity index (χ4n) is 8.60. The monoisotopic (exact) mass is 316 g/mol. The van der Waals surface area contributed by atoms with Crippen molar-refractivity contribution in [3.63, 3.8) is 0 Å². The lowest BCUT2D eigenvalue weighted by atomic mass is 9.48. The molecule has 7 fully saturated rings. The molecule has 3 heteroatoms. The molecule has 2 heterocycles. The van der Waals surface area contributed by atoms with Crippen LogP contribution >= 0.6 is 0 Å². The van der Waals surface area contributed by atoms with Gasteiger partial charge in [-0.1, -0.05) is 6.92 Å². The molecule has 2 aliphatic heterocycles. The van der Waals surface area contributed by atoms with Gasteiger partial charge in [-0.05, 0) is 61.7 Å². The zero-order chi connectivity index (χ0) is 15.6. The molecule has 0 radical (unpaired) electrons. The Morgan fingerprint density at radius 3 is 2.70 bits per heavy atom. The topological polar surface area (TPSA) is 35.5 Å². The second kappa shape index (κ2) is 3.88. The number of ketones is 1. The highest BCUT2D eigenvalue weighted by Gasteiger charge is 2.84. The van der Waals surface area contributed by atoms with E-state index in [0.717, 1.165) is 55.8 Å². The summed E-state index contributed by atoms with van der Waals surface area (Å²) in [6, 6.07) is 0. The molecule has 5 aliphatic carbocycles. The lowest BCUT2D eigenvalue weighted by Crippen LogP contribution is -2.56. The number of hydrogen-bond acceptors (Lipinski definition) is 3. The number of Topliss-reactive ketones (excluding diaryl/α,β-unsaturated/α-hetero) is 1. The van der Waals surface area contributed by atoms with E-state index in [-0.39, 0.29) is 11.2 Å². The van der Waals surface area contributed by atoms with Crippen molar-refractivity contribution in [1.29, 1.82) is 0 Å². The normalized spacial score (nSPS) is 65.0. The van der Waals surface area contributed by atoms with E-state index < -0.39 is 0 Å². The smallest absolute Gasteiger partial charge is 0.168 e. The molecule has 3 nitrogen and oxygen atoms in total. The van der Waals surface area contributed by atoms with Gasteiger partial charge < -0.3 is 9.47 Å². The summed E-state index contributed by atoms with van der Waals surface area (Å²) in [5.41, 5.74) is 0.497. The van der Waals surface area contributed by atoms with Crippen LogP contribution in [0.15, 0.2) is 0 Å². The van der Waals surface area contributed by atoms with Crippen LogP contribution in [0.4, 0.5) is 0 Å². The van der Waals surface area contributed by atoms with Crippen molar-refractivity contribution in [3.8, 4) is 0 Å². The van der Waals surface area contributed by atoms with Gasteiger partial charge in [-0.15, -0.1) is 0 Å². The van der Waals surface area contributed by atoms with Crippen LogP contribution in [0.5, 0.6) is 0 Å². The molecular formula is C20H28O3. The zero-order valence-corrected chi connectivity index (χ0v) is 14.3. The summed E-state index contributed by atoms with van der Waals surface area (Å²) in [6.07, 6.45) is 9.86. The molecular weight excluding hydrogens is 288 g/mol. The van der Waals surface area contributed by atoms with Crippen LogP contribution in [-0.4, -0.2) is 24.8 Å². The Bertz CT molecular complexity index is 586. The lowest BCUT2D eigenvalue weighted by Gasteiger charge is -2.58. The number of carbonyl (C=O) groups is 1. The summed E-state index contributed by atoms with van der Waals surface area (Å²) in [7, 11) is 1.83. The Balaban J connectivity index is 1.37. The standard InChI is InChI=1S/C20H28O3/c1-18-8-7-14-12(13(18)5-6-16(18)21)4-3-11-9-19(22-2)10-15-17(23-19)20(11,14)15/h11-15,17H,3-10H2,1-2H3/t11-,12-,13-,14-,15-,17-,18-,19-,20?/m0/s1. The van der Waals surface area contributed by atoms with Gasteiger partial charge in [0.25, 0.3) is 0 Å². The first-order valence-corrected chi connectivity index (χ1v) is 9.81. The van der Waals surface area contributed by atoms with E-state index in [1.807, 2.05) is 7.11 Å². The summed E-state index contributed by atoms with van der Waals surface area (Å²) in [5, 5.41) is 0. The van der Waals surface area contributed by atoms with Gasteiger partial charge in [0.1, 0.15) is 5.78 Å². The predicted octanol–water partition coefficient (Wildman–Crippen LogP) is 3.56. The molecule has 0 aromatic carbocycles. The maximum absolute atomic E-state index is 12.5. The van der Waals surface area contributed by atoms with E-state index in [0.29, 0.717) is 23.2 Å². The van der Waals surface area contributed by atoms with Crippen LogP contribution in [-0.2, 0) is 14.3 Å². The second-order valence-electron chi connectivity index (χ2n) is 9.74. The van der Waals surface area contributed by atoms with Crippen molar-refractivity contribution in [2.75, 3.05) is 7.11 Å². The first-order valence-electron chi connectivity index (χ1n) is 9.81. The molecule has 4 bridgehead atoms. The first kappa shape index (κ1) is 13.8. The van der Waals surface area contributed by atoms with Gasteiger partial charge in [0.05, 0.1) is 6.10 Å². The van der Waals surface area contributed by atoms with Crippen LogP contribution < -0.4 is 0 Å². The third-order valence-corrected chi connectivity index (χ3v) is 9.54. The molecule has 5 saturated carbocycles. The molecule has 1 spiro atoms. The minimum absolute atomic E-state index is 0.0143. The van der Waals surface area contributed by atoms with Crippen LogP contribution in [0.1, 0.15) is 58.3 Å². The van der Waals surface area contributed by atoms with Crippen molar-refractivity contribution >= 4 is 5.78 Å². The third-order valence-electron chi connectivity index (χ3n) is 9.54. The number of fused-ring (bicyclic) bond motifs is 3. The van der Waals surface area contributed by atoms with E-state index in [2.05, 4.69) is 6.92 Å². The molecule has 1 unspecified atom stereocenters. The number of ether oxygens (including phenoxy) is 2. The van der Waals surface area contributed by atoms with E-state index in [1.165, 1.54) is 19.3 Å². The molecule has 2 saturated heterocycles. The third kappa shape index (κ3) is 1.31. The molecule has 0 N–H and O–H groups in total. The molecule has 0 aromatic rings. The minimum Gasteiger partial charge on any atom is -0.353 e. The van der Waals surface area contributed by atoms with Crippen LogP contribution in [0.2, 0.25) is 0 Å². The van der Waals surface area contributed by atoms with Gasteiger partial charge in [0.15, 0.2) is 5.79 Å². The second-order valence-corrected chi connectivity index (χ2v) is 9.74. The zero-order valence-electron chi connectivity index (χ0n) is 14.3. The Hall–Kier alpha value is -0.410. The Morgan fingerprint density at radius 2 is 1.96 bits per heavy atom. The first-order chi connectivity index (χ1) is 11.1. The van der Waals surface area contributed by atoms with E-state index in [1.54, 1.807) is 0 Å². The maximum atomic E-state index is 12.5. The SMILES string of the molecule is CO[C@]12C[C@@H]3CC[C@@H]4[C@H](CC[C@]5(C)C(=O)CC[C@@H]45)C34[C@@H](C1)[C@@H]4O2. The molecule has 23 heavy (non-hydrogen) atoms. The van der Waals surface area contributed by atoms with Gasteiger partial charge in [-0.2, -0.15) is 0 Å². The van der Waals surface area contributed by atoms with E-state index in [4.69, 9.17) is 9.47 Å². The van der Waals surface area contributed by atoms with Crippen molar-refractivity contribution in [1.82, 2.24) is 0 Å². The summed E-state index contributed by atoms with van der Waals surface area (Å²) in [4.78, 5) is 12.5. The highest BCUT2D eigenvalue weighted by atomic mass is 16.7. The highest BCUT2D eigenvalue weighted by molar-refractivity contribution is 5.87. The van der Waals surface area contributed by atoms with Crippen LogP contribution in [0.3, 0.4) is 0 Å². The number of carbonyl (C=O) groups excluding carboxylic acids is 1. The quantitative estimate of drug-likeness (QED) is 0.742. The number of hydrogen-bond donors (Lipinski definition) is 0. The molecule has 0 aromatic heterocycles. The van der Waals surface area contributed by atoms with Crippen LogP contribution in [0, 0.1) is 40.4 Å². The fraction of sp³-hybridized carbons (Fsp3) is 0.950. The Labute approximate surface area is 138 Å². The minimum atomic E-state index is -0.235. The summed E-state index contributed by atoms with van der Waals surface area (Å²) in [6.45, 7) is 2.29. The van der Waals surface area contributed by atoms with Gasteiger partial charge in [0.2, 0.25) is 0 Å². The number of rotatable bonds is 1. The Kier molecular flexibility index (Phi) is 2.33. The van der Waals surface area contributed by atoms with Gasteiger partial charge in [-0.25, -0.2) is 0 Å². The van der Waals surface area contributed by atoms with Gasteiger partial charge in [0, 0.05) is 37.2 Å². The molecule has 7 rings (SSSR count). The average Bonchev–Trinajstić information content (AvgIpc) is 2.87.